The number of piperidine rings is 1. The highest BCUT2D eigenvalue weighted by atomic mass is 16.6. The summed E-state index contributed by atoms with van der Waals surface area (Å²) in [4.78, 5) is 34.3. The molecule has 2 saturated heterocycles. The average molecular weight is 399 g/mol. The first-order chi connectivity index (χ1) is 14.0. The Morgan fingerprint density at radius 2 is 1.86 bits per heavy atom. The fourth-order valence-electron chi connectivity index (χ4n) is 4.15. The SMILES string of the molecule is CN(C)C(=O)OCN1C=C2C(=O)N(C3CCN(Cc4ccccc4)CC3)CN2C1. The van der Waals surface area contributed by atoms with Gasteiger partial charge in [-0.3, -0.25) is 9.69 Å². The molecule has 29 heavy (non-hydrogen) atoms. The number of likely N-dealkylation sites (tertiary alicyclic amines) is 1. The van der Waals surface area contributed by atoms with E-state index >= 15 is 0 Å². The number of carbonyl (C=O) groups excluding carboxylic acids is 2. The van der Waals surface area contributed by atoms with Gasteiger partial charge in [-0.1, -0.05) is 30.3 Å². The van der Waals surface area contributed by atoms with Crippen molar-refractivity contribution in [3.8, 4) is 0 Å². The Morgan fingerprint density at radius 1 is 1.14 bits per heavy atom. The Balaban J connectivity index is 1.27. The van der Waals surface area contributed by atoms with Crippen LogP contribution in [0.25, 0.3) is 0 Å². The minimum Gasteiger partial charge on any atom is -0.428 e. The largest absolute Gasteiger partial charge is 0.428 e. The fraction of sp³-hybridized carbons (Fsp3) is 0.524. The number of fused-ring (bicyclic) bond motifs is 1. The van der Waals surface area contributed by atoms with Gasteiger partial charge < -0.3 is 24.3 Å². The van der Waals surface area contributed by atoms with Crippen LogP contribution >= 0.6 is 0 Å². The van der Waals surface area contributed by atoms with Crippen molar-refractivity contribution in [1.82, 2.24) is 24.5 Å². The lowest BCUT2D eigenvalue weighted by Crippen LogP contribution is -2.46. The Hall–Kier alpha value is -2.74. The number of amides is 2. The zero-order chi connectivity index (χ0) is 20.4. The number of carbonyl (C=O) groups is 2. The molecule has 3 aliphatic rings. The highest BCUT2D eigenvalue weighted by molar-refractivity contribution is 5.95. The molecule has 0 spiro atoms. The molecule has 0 N–H and O–H groups in total. The summed E-state index contributed by atoms with van der Waals surface area (Å²) in [5.74, 6) is 0.0907. The fourth-order valence-corrected chi connectivity index (χ4v) is 4.15. The van der Waals surface area contributed by atoms with Crippen molar-refractivity contribution in [3.05, 3.63) is 47.8 Å². The Bertz CT molecular complexity index is 774. The summed E-state index contributed by atoms with van der Waals surface area (Å²) in [5, 5.41) is 0. The lowest BCUT2D eigenvalue weighted by Gasteiger charge is -2.36. The van der Waals surface area contributed by atoms with E-state index in [2.05, 4.69) is 34.1 Å². The molecule has 0 bridgehead atoms. The van der Waals surface area contributed by atoms with Gasteiger partial charge in [0.1, 0.15) is 5.70 Å². The third-order valence-corrected chi connectivity index (χ3v) is 5.77. The Labute approximate surface area is 171 Å². The van der Waals surface area contributed by atoms with Crippen LogP contribution in [0.1, 0.15) is 18.4 Å². The number of nitrogens with zero attached hydrogens (tertiary/aromatic N) is 5. The molecule has 0 aliphatic carbocycles. The van der Waals surface area contributed by atoms with E-state index in [-0.39, 0.29) is 18.7 Å². The van der Waals surface area contributed by atoms with Gasteiger partial charge in [0.05, 0.1) is 13.3 Å². The summed E-state index contributed by atoms with van der Waals surface area (Å²) in [6.07, 6.45) is 3.44. The summed E-state index contributed by atoms with van der Waals surface area (Å²) < 4.78 is 5.20. The normalized spacial score (nSPS) is 20.1. The van der Waals surface area contributed by atoms with E-state index in [0.29, 0.717) is 25.1 Å². The molecule has 0 radical (unpaired) electrons. The van der Waals surface area contributed by atoms with Crippen molar-refractivity contribution in [2.75, 3.05) is 47.3 Å². The third kappa shape index (κ3) is 4.32. The zero-order valence-electron chi connectivity index (χ0n) is 17.2. The molecule has 8 nitrogen and oxygen atoms in total. The summed E-state index contributed by atoms with van der Waals surface area (Å²) in [7, 11) is 3.30. The lowest BCUT2D eigenvalue weighted by atomic mass is 10.0. The highest BCUT2D eigenvalue weighted by Crippen LogP contribution is 2.29. The topological polar surface area (TPSA) is 59.6 Å². The lowest BCUT2D eigenvalue weighted by molar-refractivity contribution is -0.127. The van der Waals surface area contributed by atoms with E-state index in [0.717, 1.165) is 32.5 Å². The maximum atomic E-state index is 12.9. The molecule has 156 valence electrons. The molecule has 8 heteroatoms. The number of benzene rings is 1. The molecule has 3 heterocycles. The third-order valence-electron chi connectivity index (χ3n) is 5.77. The molecule has 0 atom stereocenters. The first kappa shape index (κ1) is 19.6. The van der Waals surface area contributed by atoms with Gasteiger partial charge in [-0.05, 0) is 18.4 Å². The van der Waals surface area contributed by atoms with Crippen LogP contribution in [0, 0.1) is 0 Å². The molecule has 2 fully saturated rings. The molecular formula is C21H29N5O3. The zero-order valence-corrected chi connectivity index (χ0v) is 17.2. The first-order valence-corrected chi connectivity index (χ1v) is 10.1. The molecule has 1 aromatic carbocycles. The molecule has 0 unspecified atom stereocenters. The van der Waals surface area contributed by atoms with E-state index in [4.69, 9.17) is 4.74 Å². The van der Waals surface area contributed by atoms with Gasteiger partial charge >= 0.3 is 6.09 Å². The van der Waals surface area contributed by atoms with Crippen LogP contribution < -0.4 is 0 Å². The monoisotopic (exact) mass is 399 g/mol. The maximum Gasteiger partial charge on any atom is 0.410 e. The van der Waals surface area contributed by atoms with Crippen LogP contribution in [0.2, 0.25) is 0 Å². The van der Waals surface area contributed by atoms with Gasteiger partial charge in [-0.15, -0.1) is 0 Å². The number of hydrogen-bond donors (Lipinski definition) is 0. The molecule has 0 saturated carbocycles. The van der Waals surface area contributed by atoms with Crippen molar-refractivity contribution in [2.24, 2.45) is 0 Å². The number of ether oxygens (including phenoxy) is 1. The van der Waals surface area contributed by atoms with Crippen LogP contribution in [0.3, 0.4) is 0 Å². The second-order valence-corrected chi connectivity index (χ2v) is 8.13. The molecule has 3 aliphatic heterocycles. The predicted molar refractivity (Wildman–Crippen MR) is 108 cm³/mol. The summed E-state index contributed by atoms with van der Waals surface area (Å²) in [5.41, 5.74) is 2.04. The Kier molecular flexibility index (Phi) is 5.62. The van der Waals surface area contributed by atoms with Crippen molar-refractivity contribution < 1.29 is 14.3 Å². The second-order valence-electron chi connectivity index (χ2n) is 8.13. The van der Waals surface area contributed by atoms with Gasteiger partial charge in [0.2, 0.25) is 0 Å². The first-order valence-electron chi connectivity index (χ1n) is 10.1. The molecule has 1 aromatic rings. The van der Waals surface area contributed by atoms with Crippen LogP contribution in [0.5, 0.6) is 0 Å². The van der Waals surface area contributed by atoms with Gasteiger partial charge in [-0.2, -0.15) is 0 Å². The van der Waals surface area contributed by atoms with E-state index in [1.54, 1.807) is 14.1 Å². The van der Waals surface area contributed by atoms with Crippen molar-refractivity contribution in [2.45, 2.75) is 25.4 Å². The quantitative estimate of drug-likeness (QED) is 0.748. The Morgan fingerprint density at radius 3 is 2.52 bits per heavy atom. The van der Waals surface area contributed by atoms with Gasteiger partial charge in [0, 0.05) is 46.0 Å². The molecule has 4 rings (SSSR count). The summed E-state index contributed by atoms with van der Waals surface area (Å²) >= 11 is 0. The molecule has 2 amide bonds. The smallest absolute Gasteiger partial charge is 0.410 e. The molecule has 0 aromatic heterocycles. The van der Waals surface area contributed by atoms with Crippen molar-refractivity contribution in [1.29, 1.82) is 0 Å². The van der Waals surface area contributed by atoms with Crippen LogP contribution in [0.4, 0.5) is 4.79 Å². The van der Waals surface area contributed by atoms with Crippen molar-refractivity contribution in [3.63, 3.8) is 0 Å². The number of rotatable bonds is 5. The second kappa shape index (κ2) is 8.32. The van der Waals surface area contributed by atoms with Gasteiger partial charge in [0.15, 0.2) is 6.73 Å². The minimum absolute atomic E-state index is 0.0907. The predicted octanol–water partition coefficient (Wildman–Crippen LogP) is 1.52. The van der Waals surface area contributed by atoms with E-state index in [1.807, 2.05) is 22.1 Å². The highest BCUT2D eigenvalue weighted by Gasteiger charge is 2.41. The van der Waals surface area contributed by atoms with E-state index < -0.39 is 0 Å². The number of hydrogen-bond acceptors (Lipinski definition) is 6. The maximum absolute atomic E-state index is 12.9. The standard InChI is InChI=1S/C21H29N5O3/c1-22(2)21(28)29-16-24-13-19-20(27)26(15-25(19)14-24)18-8-10-23(11-9-18)12-17-6-4-3-5-7-17/h3-7,13,18H,8-12,14-16H2,1-2H3. The van der Waals surface area contributed by atoms with Crippen LogP contribution in [-0.4, -0.2) is 89.8 Å². The van der Waals surface area contributed by atoms with Crippen LogP contribution in [-0.2, 0) is 16.1 Å². The van der Waals surface area contributed by atoms with Crippen molar-refractivity contribution >= 4 is 12.0 Å². The minimum atomic E-state index is -0.384. The van der Waals surface area contributed by atoms with E-state index in [9.17, 15) is 9.59 Å². The summed E-state index contributed by atoms with van der Waals surface area (Å²) in [6.45, 7) is 4.34. The van der Waals surface area contributed by atoms with Gasteiger partial charge in [-0.25, -0.2) is 4.79 Å². The average Bonchev–Trinajstić information content (AvgIpc) is 3.26. The summed E-state index contributed by atoms with van der Waals surface area (Å²) in [6, 6.07) is 10.8. The van der Waals surface area contributed by atoms with Crippen LogP contribution in [0.15, 0.2) is 42.2 Å². The van der Waals surface area contributed by atoms with E-state index in [1.165, 1.54) is 10.5 Å². The molecular weight excluding hydrogens is 370 g/mol. The van der Waals surface area contributed by atoms with Gasteiger partial charge in [0.25, 0.3) is 5.91 Å².